The molecule has 6 aromatic heterocycles. The zero-order valence-corrected chi connectivity index (χ0v) is 55.7. The summed E-state index contributed by atoms with van der Waals surface area (Å²) in [7, 11) is 0. The van der Waals surface area contributed by atoms with E-state index >= 15 is 0 Å². The lowest BCUT2D eigenvalue weighted by atomic mass is 10.1. The number of nitriles is 1. The van der Waals surface area contributed by atoms with Gasteiger partial charge in [-0.3, -0.25) is 0 Å². The molecule has 14 aromatic carbocycles. The van der Waals surface area contributed by atoms with Crippen LogP contribution in [0.3, 0.4) is 0 Å². The van der Waals surface area contributed by atoms with E-state index in [-0.39, 0.29) is 0 Å². The van der Waals surface area contributed by atoms with E-state index in [1.807, 2.05) is 91.0 Å². The van der Waals surface area contributed by atoms with E-state index in [4.69, 9.17) is 36.5 Å². The molecule has 12 nitrogen and oxygen atoms in total. The normalized spacial score (nSPS) is 11.4. The predicted octanol–water partition coefficient (Wildman–Crippen LogP) is 22.6. The largest absolute Gasteiger partial charge is 0.309 e. The summed E-state index contributed by atoms with van der Waals surface area (Å²) in [6, 6.07) is 119. The van der Waals surface area contributed by atoms with Crippen molar-refractivity contribution in [2.45, 2.75) is 0 Å². The Morgan fingerprint density at radius 3 is 0.942 bits per heavy atom. The molecule has 104 heavy (non-hydrogen) atoms. The number of hydrogen-bond donors (Lipinski definition) is 0. The highest BCUT2D eigenvalue weighted by atomic mass is 15.1. The molecule has 6 heterocycles. The Morgan fingerprint density at radius 1 is 0.250 bits per heavy atom. The second-order valence-corrected chi connectivity index (χ2v) is 25.6. The first-order chi connectivity index (χ1) is 51.5. The summed E-state index contributed by atoms with van der Waals surface area (Å²) in [4.78, 5) is 33.1. The summed E-state index contributed by atoms with van der Waals surface area (Å²) >= 11 is 0. The average Bonchev–Trinajstić information content (AvgIpc) is 1.55. The summed E-state index contributed by atoms with van der Waals surface area (Å²) in [5.41, 5.74) is 19.9. The summed E-state index contributed by atoms with van der Waals surface area (Å²) in [5.74, 6) is 3.40. The molecule has 0 radical (unpaired) electrons. The van der Waals surface area contributed by atoms with E-state index in [1.54, 1.807) is 18.2 Å². The fraction of sp³-hybridized carbons (Fsp3) is 0. The molecule has 0 fully saturated rings. The predicted molar refractivity (Wildman–Crippen MR) is 421 cm³/mol. The number of benzene rings is 14. The lowest BCUT2D eigenvalue weighted by Crippen LogP contribution is -2.00. The van der Waals surface area contributed by atoms with Gasteiger partial charge in [0.1, 0.15) is 0 Å². The molecule has 0 aliphatic rings. The Kier molecular flexibility index (Phi) is 14.7. The summed E-state index contributed by atoms with van der Waals surface area (Å²) in [5, 5.41) is 19.0. The minimum absolute atomic E-state index is 0.526. The third kappa shape index (κ3) is 10.3. The molecule has 0 amide bonds. The van der Waals surface area contributed by atoms with E-state index in [9.17, 15) is 5.26 Å². The Labute approximate surface area is 596 Å². The Balaban J connectivity index is 0.000000143. The molecule has 20 aromatic rings. The summed E-state index contributed by atoms with van der Waals surface area (Å²) < 4.78 is 9.52. The van der Waals surface area contributed by atoms with Crippen LogP contribution in [-0.4, -0.2) is 48.2 Å². The maximum atomic E-state index is 9.35. The molecule has 0 aliphatic carbocycles. The van der Waals surface area contributed by atoms with Gasteiger partial charge in [0.25, 0.3) is 0 Å². The van der Waals surface area contributed by atoms with Crippen molar-refractivity contribution in [2.24, 2.45) is 0 Å². The monoisotopic (exact) mass is 1330 g/mol. The maximum absolute atomic E-state index is 9.35. The van der Waals surface area contributed by atoms with Crippen molar-refractivity contribution >= 4 is 92.9 Å². The van der Waals surface area contributed by atoms with Gasteiger partial charge in [0.05, 0.1) is 62.3 Å². The smallest absolute Gasteiger partial charge is 0.187 e. The fourth-order valence-electron chi connectivity index (χ4n) is 14.9. The number of hydrogen-bond acceptors (Lipinski definition) is 7. The SMILES string of the molecule is N#Cc1ccc(-c2nc(-c3ccccc3)nc(-c3ccc(-n4c5ccccc5c5ccc6c(c7ccccc7n6-c6ccccc6)c54)cc3)n2)cc1.[C-]#[N+]c1cccc(-c2nc(-c3ccccc3)nc(-c3ccc(-n4c5ccccc5c5ccc6c(c7ccccc7n6-c6ccccc6)c54)cc3)n2)c1. The maximum Gasteiger partial charge on any atom is 0.187 e. The average molecular weight is 1330 g/mol. The van der Waals surface area contributed by atoms with Gasteiger partial charge < -0.3 is 18.3 Å². The molecule has 0 saturated carbocycles. The molecule has 0 bridgehead atoms. The number of rotatable bonds is 10. The van der Waals surface area contributed by atoms with Crippen LogP contribution in [0.15, 0.2) is 340 Å². The highest BCUT2D eigenvalue weighted by molar-refractivity contribution is 6.27. The highest BCUT2D eigenvalue weighted by Crippen LogP contribution is 2.45. The van der Waals surface area contributed by atoms with E-state index in [0.29, 0.717) is 46.2 Å². The number of aromatic nitrogens is 10. The zero-order valence-electron chi connectivity index (χ0n) is 55.7. The van der Waals surface area contributed by atoms with Gasteiger partial charge in [0, 0.05) is 99.2 Å². The van der Waals surface area contributed by atoms with Gasteiger partial charge >= 0.3 is 0 Å². The standard InChI is InChI=1S/2C46H28N6/c1-47-33-16-12-15-32(29-33)46-49-44(30-13-4-2-5-14-30)48-45(50-46)31-23-25-35(26-24-31)52-39-21-10-8-19-36(39)37-27-28-41-42(43(37)52)38-20-9-11-22-40(38)51(41)34-17-6-3-7-18-34;47-29-30-19-21-32(22-20-30)45-48-44(31-11-3-1-4-12-31)49-46(50-45)33-23-25-35(26-24-33)52-39-17-9-7-15-36(39)37-27-28-41-42(43(37)52)38-16-8-10-18-40(38)51(41)34-13-5-2-6-14-34/h2-29H;1-28H. The minimum atomic E-state index is 0.526. The zero-order chi connectivity index (χ0) is 69.2. The molecule has 0 atom stereocenters. The molecular weight excluding hydrogens is 1270 g/mol. The van der Waals surface area contributed by atoms with Crippen LogP contribution >= 0.6 is 0 Å². The molecule has 0 spiro atoms. The summed E-state index contributed by atoms with van der Waals surface area (Å²) in [6.45, 7) is 7.53. The second kappa shape index (κ2) is 25.2. The first kappa shape index (κ1) is 60.5. The van der Waals surface area contributed by atoms with Crippen LogP contribution in [0.4, 0.5) is 5.69 Å². The van der Waals surface area contributed by atoms with E-state index in [0.717, 1.165) is 78.2 Å². The molecule has 0 N–H and O–H groups in total. The molecule has 12 heteroatoms. The first-order valence-corrected chi connectivity index (χ1v) is 34.3. The van der Waals surface area contributed by atoms with E-state index in [1.165, 1.54) is 65.2 Å². The van der Waals surface area contributed by atoms with Crippen molar-refractivity contribution in [3.05, 3.63) is 357 Å². The lowest BCUT2D eigenvalue weighted by Gasteiger charge is -2.12. The Morgan fingerprint density at radius 2 is 0.558 bits per heavy atom. The Bertz CT molecular complexity index is 6830. The topological polar surface area (TPSA) is 125 Å². The van der Waals surface area contributed by atoms with Crippen LogP contribution < -0.4 is 0 Å². The lowest BCUT2D eigenvalue weighted by molar-refractivity contribution is 1.07. The van der Waals surface area contributed by atoms with Crippen molar-refractivity contribution in [1.82, 2.24) is 48.2 Å². The van der Waals surface area contributed by atoms with E-state index in [2.05, 4.69) is 260 Å². The molecule has 0 aliphatic heterocycles. The second-order valence-electron chi connectivity index (χ2n) is 25.6. The highest BCUT2D eigenvalue weighted by Gasteiger charge is 2.24. The first-order valence-electron chi connectivity index (χ1n) is 34.3. The molecule has 20 rings (SSSR count). The van der Waals surface area contributed by atoms with Gasteiger partial charge in [-0.15, -0.1) is 0 Å². The quantitative estimate of drug-likeness (QED) is 0.125. The minimum Gasteiger partial charge on any atom is -0.309 e. The van der Waals surface area contributed by atoms with Crippen LogP contribution in [0.1, 0.15) is 5.56 Å². The van der Waals surface area contributed by atoms with Crippen molar-refractivity contribution in [3.8, 4) is 97.1 Å². The van der Waals surface area contributed by atoms with Gasteiger partial charge in [-0.25, -0.2) is 34.7 Å². The molecular formula is C92H56N12. The van der Waals surface area contributed by atoms with Crippen LogP contribution in [0.5, 0.6) is 0 Å². The van der Waals surface area contributed by atoms with Gasteiger partial charge in [-0.2, -0.15) is 5.26 Å². The van der Waals surface area contributed by atoms with Crippen molar-refractivity contribution in [3.63, 3.8) is 0 Å². The van der Waals surface area contributed by atoms with Crippen molar-refractivity contribution in [2.75, 3.05) is 0 Å². The fourth-order valence-corrected chi connectivity index (χ4v) is 14.9. The number of fused-ring (bicyclic) bond motifs is 14. The van der Waals surface area contributed by atoms with Gasteiger partial charge in [0.15, 0.2) is 40.6 Å². The summed E-state index contributed by atoms with van der Waals surface area (Å²) in [6.07, 6.45) is 0. The molecule has 484 valence electrons. The van der Waals surface area contributed by atoms with Crippen LogP contribution in [0, 0.1) is 17.9 Å². The van der Waals surface area contributed by atoms with Crippen molar-refractivity contribution < 1.29 is 0 Å². The third-order valence-corrected chi connectivity index (χ3v) is 19.6. The van der Waals surface area contributed by atoms with Gasteiger partial charge in [-0.05, 0) is 140 Å². The number of para-hydroxylation sites is 6. The van der Waals surface area contributed by atoms with E-state index < -0.39 is 0 Å². The van der Waals surface area contributed by atoms with Crippen LogP contribution in [0.25, 0.3) is 183 Å². The van der Waals surface area contributed by atoms with Crippen LogP contribution in [-0.2, 0) is 0 Å². The Hall–Kier alpha value is -14.7. The van der Waals surface area contributed by atoms with Gasteiger partial charge in [-0.1, -0.05) is 200 Å². The molecule has 0 unspecified atom stereocenters. The third-order valence-electron chi connectivity index (χ3n) is 19.6. The van der Waals surface area contributed by atoms with Crippen LogP contribution in [0.2, 0.25) is 0 Å². The number of nitrogens with zero attached hydrogens (tertiary/aromatic N) is 12. The van der Waals surface area contributed by atoms with Crippen molar-refractivity contribution in [1.29, 1.82) is 5.26 Å². The van der Waals surface area contributed by atoms with Gasteiger partial charge in [0.2, 0.25) is 0 Å². The molecule has 0 saturated heterocycles.